The number of para-hydroxylation sites is 1. The first-order valence-corrected chi connectivity index (χ1v) is 6.54. The summed E-state index contributed by atoms with van der Waals surface area (Å²) >= 11 is 0. The minimum Gasteiger partial charge on any atom is -0.400 e. The molecule has 1 aromatic carbocycles. The zero-order valence-electron chi connectivity index (χ0n) is 11.7. The van der Waals surface area contributed by atoms with E-state index in [4.69, 9.17) is 4.42 Å². The van der Waals surface area contributed by atoms with Crippen molar-refractivity contribution in [3.8, 4) is 0 Å². The Hall–Kier alpha value is -3.49. The van der Waals surface area contributed by atoms with E-state index in [-0.39, 0.29) is 12.3 Å². The van der Waals surface area contributed by atoms with Crippen molar-refractivity contribution < 1.29 is 18.9 Å². The Morgan fingerprint density at radius 1 is 1.17 bits per heavy atom. The number of hydrogen-bond acceptors (Lipinski definition) is 6. The number of hydrazone groups is 1. The first-order valence-electron chi connectivity index (χ1n) is 6.54. The first kappa shape index (κ1) is 14.4. The maximum atomic E-state index is 12.2. The molecule has 0 atom stereocenters. The molecule has 1 aliphatic heterocycles. The molecule has 0 aliphatic carbocycles. The molecule has 3 amide bonds. The van der Waals surface area contributed by atoms with E-state index in [1.807, 2.05) is 0 Å². The Morgan fingerprint density at radius 2 is 1.91 bits per heavy atom. The van der Waals surface area contributed by atoms with Crippen molar-refractivity contribution in [1.82, 2.24) is 5.01 Å². The molecule has 0 saturated carbocycles. The van der Waals surface area contributed by atoms with Crippen LogP contribution in [0, 0.1) is 10.1 Å². The second-order valence-electron chi connectivity index (χ2n) is 4.58. The lowest BCUT2D eigenvalue weighted by molar-refractivity contribution is -0.402. The van der Waals surface area contributed by atoms with Gasteiger partial charge >= 0.3 is 11.9 Å². The van der Waals surface area contributed by atoms with E-state index in [1.54, 1.807) is 30.3 Å². The van der Waals surface area contributed by atoms with Crippen molar-refractivity contribution in [2.24, 2.45) is 5.10 Å². The van der Waals surface area contributed by atoms with E-state index < -0.39 is 22.7 Å². The molecule has 0 unspecified atom stereocenters. The highest BCUT2D eigenvalue weighted by atomic mass is 16.6. The second-order valence-corrected chi connectivity index (χ2v) is 4.58. The van der Waals surface area contributed by atoms with Crippen LogP contribution < -0.4 is 4.90 Å². The highest BCUT2D eigenvalue weighted by Gasteiger charge is 2.37. The quantitative estimate of drug-likeness (QED) is 0.371. The number of furan rings is 1. The fourth-order valence-corrected chi connectivity index (χ4v) is 2.05. The van der Waals surface area contributed by atoms with Crippen LogP contribution in [0.25, 0.3) is 0 Å². The van der Waals surface area contributed by atoms with Gasteiger partial charge in [-0.1, -0.05) is 18.2 Å². The lowest BCUT2D eigenvalue weighted by Crippen LogP contribution is -2.31. The lowest BCUT2D eigenvalue weighted by atomic mass is 10.3. The zero-order chi connectivity index (χ0) is 16.4. The SMILES string of the molecule is O=C1CN(/N=C\c2ccc([N+](=O)[O-])o2)C(=O)N1c1ccccc1. The summed E-state index contributed by atoms with van der Waals surface area (Å²) in [5.41, 5.74) is 0.453. The van der Waals surface area contributed by atoms with Crippen molar-refractivity contribution >= 4 is 29.7 Å². The fraction of sp³-hybridized carbons (Fsp3) is 0.0714. The smallest absolute Gasteiger partial charge is 0.400 e. The largest absolute Gasteiger partial charge is 0.433 e. The van der Waals surface area contributed by atoms with Crippen molar-refractivity contribution in [2.45, 2.75) is 0 Å². The van der Waals surface area contributed by atoms with Crippen LogP contribution >= 0.6 is 0 Å². The summed E-state index contributed by atoms with van der Waals surface area (Å²) in [7, 11) is 0. The Labute approximate surface area is 129 Å². The fourth-order valence-electron chi connectivity index (χ4n) is 2.05. The third-order valence-corrected chi connectivity index (χ3v) is 3.08. The van der Waals surface area contributed by atoms with Gasteiger partial charge in [0.15, 0.2) is 5.76 Å². The highest BCUT2D eigenvalue weighted by molar-refractivity contribution is 6.19. The van der Waals surface area contributed by atoms with Gasteiger partial charge in [0.05, 0.1) is 18.0 Å². The predicted octanol–water partition coefficient (Wildman–Crippen LogP) is 1.99. The molecular formula is C14H10N4O5. The van der Waals surface area contributed by atoms with Crippen LogP contribution in [-0.4, -0.2) is 34.6 Å². The van der Waals surface area contributed by atoms with Gasteiger partial charge in [0.2, 0.25) is 0 Å². The van der Waals surface area contributed by atoms with E-state index in [0.29, 0.717) is 5.69 Å². The number of anilines is 1. The molecule has 9 nitrogen and oxygen atoms in total. The van der Waals surface area contributed by atoms with E-state index in [2.05, 4.69) is 5.10 Å². The zero-order valence-corrected chi connectivity index (χ0v) is 11.7. The Morgan fingerprint density at radius 3 is 2.57 bits per heavy atom. The number of amides is 3. The number of rotatable bonds is 4. The number of urea groups is 1. The average molecular weight is 314 g/mol. The number of carbonyl (C=O) groups excluding carboxylic acids is 2. The van der Waals surface area contributed by atoms with Gasteiger partial charge < -0.3 is 4.42 Å². The van der Waals surface area contributed by atoms with Crippen LogP contribution in [0.3, 0.4) is 0 Å². The summed E-state index contributed by atoms with van der Waals surface area (Å²) in [5, 5.41) is 15.3. The van der Waals surface area contributed by atoms with Gasteiger partial charge in [-0.15, -0.1) is 0 Å². The topological polar surface area (TPSA) is 109 Å². The molecule has 2 aromatic rings. The number of imide groups is 1. The van der Waals surface area contributed by atoms with Gasteiger partial charge in [-0.25, -0.2) is 14.7 Å². The number of carbonyl (C=O) groups is 2. The van der Waals surface area contributed by atoms with E-state index >= 15 is 0 Å². The van der Waals surface area contributed by atoms with Crippen molar-refractivity contribution in [2.75, 3.05) is 11.4 Å². The molecule has 116 valence electrons. The Bertz CT molecular complexity index is 799. The number of nitro groups is 1. The molecule has 1 saturated heterocycles. The van der Waals surface area contributed by atoms with Crippen molar-refractivity contribution in [3.63, 3.8) is 0 Å². The molecule has 0 N–H and O–H groups in total. The van der Waals surface area contributed by atoms with E-state index in [9.17, 15) is 19.7 Å². The van der Waals surface area contributed by atoms with Crippen molar-refractivity contribution in [3.05, 3.63) is 58.3 Å². The summed E-state index contributed by atoms with van der Waals surface area (Å²) < 4.78 is 4.89. The van der Waals surface area contributed by atoms with Crippen LogP contribution in [0.5, 0.6) is 0 Å². The van der Waals surface area contributed by atoms with Crippen LogP contribution in [-0.2, 0) is 4.79 Å². The summed E-state index contributed by atoms with van der Waals surface area (Å²) in [6.45, 7) is -0.215. The predicted molar refractivity (Wildman–Crippen MR) is 79.0 cm³/mol. The number of nitrogens with zero attached hydrogens (tertiary/aromatic N) is 4. The number of hydrogen-bond donors (Lipinski definition) is 0. The molecule has 2 heterocycles. The van der Waals surface area contributed by atoms with Gasteiger partial charge in [0.25, 0.3) is 5.91 Å². The van der Waals surface area contributed by atoms with Crippen LogP contribution in [0.2, 0.25) is 0 Å². The summed E-state index contributed by atoms with van der Waals surface area (Å²) in [6, 6.07) is 10.4. The first-order chi connectivity index (χ1) is 11.1. The second kappa shape index (κ2) is 5.72. The lowest BCUT2D eigenvalue weighted by Gasteiger charge is -2.13. The molecule has 0 spiro atoms. The van der Waals surface area contributed by atoms with Gasteiger partial charge in [-0.3, -0.25) is 14.9 Å². The molecule has 9 heteroatoms. The maximum Gasteiger partial charge on any atom is 0.433 e. The Kier molecular flexibility index (Phi) is 3.59. The van der Waals surface area contributed by atoms with E-state index in [0.717, 1.165) is 16.1 Å². The molecule has 1 aromatic heterocycles. The molecular weight excluding hydrogens is 304 g/mol. The maximum absolute atomic E-state index is 12.2. The average Bonchev–Trinajstić information content (AvgIpc) is 3.11. The van der Waals surface area contributed by atoms with Crippen molar-refractivity contribution in [1.29, 1.82) is 0 Å². The standard InChI is InChI=1S/C14H10N4O5/c19-12-9-16(14(20)17(12)10-4-2-1-3-5-10)15-8-11-6-7-13(23-11)18(21)22/h1-8H,9H2/b15-8-. The van der Waals surface area contributed by atoms with Crippen LogP contribution in [0.4, 0.5) is 16.4 Å². The summed E-state index contributed by atoms with van der Waals surface area (Å²) in [4.78, 5) is 35.1. The highest BCUT2D eigenvalue weighted by Crippen LogP contribution is 2.21. The monoisotopic (exact) mass is 314 g/mol. The number of benzene rings is 1. The molecule has 23 heavy (non-hydrogen) atoms. The third kappa shape index (κ3) is 2.79. The molecule has 1 aliphatic rings. The van der Waals surface area contributed by atoms with Gasteiger partial charge in [0, 0.05) is 0 Å². The van der Waals surface area contributed by atoms with Crippen LogP contribution in [0.1, 0.15) is 5.76 Å². The Balaban J connectivity index is 1.77. The molecule has 1 fully saturated rings. The summed E-state index contributed by atoms with van der Waals surface area (Å²) in [6.07, 6.45) is 1.15. The van der Waals surface area contributed by atoms with Gasteiger partial charge in [-0.05, 0) is 18.2 Å². The molecule has 0 bridgehead atoms. The molecule has 0 radical (unpaired) electrons. The van der Waals surface area contributed by atoms with E-state index in [1.165, 1.54) is 12.1 Å². The third-order valence-electron chi connectivity index (χ3n) is 3.08. The van der Waals surface area contributed by atoms with Gasteiger partial charge in [-0.2, -0.15) is 5.10 Å². The minimum absolute atomic E-state index is 0.107. The summed E-state index contributed by atoms with van der Waals surface area (Å²) in [5.74, 6) is -0.736. The van der Waals surface area contributed by atoms with Crippen LogP contribution in [0.15, 0.2) is 52.0 Å². The minimum atomic E-state index is -0.682. The molecule has 3 rings (SSSR count). The van der Waals surface area contributed by atoms with Gasteiger partial charge in [0.1, 0.15) is 11.5 Å². The normalized spacial score (nSPS) is 15.0.